The fourth-order valence-electron chi connectivity index (χ4n) is 8.62. The van der Waals surface area contributed by atoms with E-state index >= 15 is 0 Å². The molecule has 0 radical (unpaired) electrons. The summed E-state index contributed by atoms with van der Waals surface area (Å²) in [5, 5.41) is 0. The summed E-state index contributed by atoms with van der Waals surface area (Å²) in [7, 11) is 0. The van der Waals surface area contributed by atoms with Gasteiger partial charge in [-0.1, -0.05) is 258 Å². The van der Waals surface area contributed by atoms with Crippen molar-refractivity contribution < 1.29 is 28.6 Å². The first-order valence-corrected chi connectivity index (χ1v) is 32.0. The molecule has 0 rings (SSSR count). The SMILES string of the molecule is CC/C=C\C/C=C\C/C=C\C/C=C\C/C=C\CCCCCCCC(=O)OC(COC(=O)CCCCCCC/C=C\C/C=C\CCCCC)COC(=O)CCCCCCCCCC/C=C\C/C=C\C/C=C\CCCCCCC. The van der Waals surface area contributed by atoms with Gasteiger partial charge in [-0.05, 0) is 135 Å². The third-order valence-electron chi connectivity index (χ3n) is 13.4. The average molecular weight is 1070 g/mol. The second kappa shape index (κ2) is 64.3. The van der Waals surface area contributed by atoms with Crippen LogP contribution in [0.15, 0.2) is 122 Å². The van der Waals surface area contributed by atoms with E-state index < -0.39 is 6.10 Å². The van der Waals surface area contributed by atoms with Crippen molar-refractivity contribution in [2.24, 2.45) is 0 Å². The number of esters is 3. The van der Waals surface area contributed by atoms with Gasteiger partial charge in [0.25, 0.3) is 0 Å². The highest BCUT2D eigenvalue weighted by Gasteiger charge is 2.19. The van der Waals surface area contributed by atoms with E-state index in [2.05, 4.69) is 142 Å². The van der Waals surface area contributed by atoms with Gasteiger partial charge >= 0.3 is 17.9 Å². The second-order valence-electron chi connectivity index (χ2n) is 20.9. The minimum Gasteiger partial charge on any atom is -0.462 e. The molecule has 0 bridgehead atoms. The van der Waals surface area contributed by atoms with Crippen LogP contribution in [-0.4, -0.2) is 37.2 Å². The van der Waals surface area contributed by atoms with Gasteiger partial charge in [0.2, 0.25) is 0 Å². The van der Waals surface area contributed by atoms with Crippen molar-refractivity contribution in [3.8, 4) is 0 Å². The third-order valence-corrected chi connectivity index (χ3v) is 13.4. The van der Waals surface area contributed by atoms with Crippen LogP contribution in [0.3, 0.4) is 0 Å². The lowest BCUT2D eigenvalue weighted by molar-refractivity contribution is -0.167. The van der Waals surface area contributed by atoms with E-state index in [9.17, 15) is 14.4 Å². The molecule has 0 spiro atoms. The topological polar surface area (TPSA) is 78.9 Å². The minimum absolute atomic E-state index is 0.0970. The van der Waals surface area contributed by atoms with Crippen LogP contribution < -0.4 is 0 Å². The third kappa shape index (κ3) is 62.5. The number of carbonyl (C=O) groups is 3. The van der Waals surface area contributed by atoms with Gasteiger partial charge in [0.15, 0.2) is 6.10 Å². The summed E-state index contributed by atoms with van der Waals surface area (Å²) < 4.78 is 16.9. The fourth-order valence-corrected chi connectivity index (χ4v) is 8.62. The molecular weight excluding hydrogens is 949 g/mol. The van der Waals surface area contributed by atoms with E-state index in [1.165, 1.54) is 96.3 Å². The number of unbranched alkanes of at least 4 members (excludes halogenated alkanes) is 26. The summed E-state index contributed by atoms with van der Waals surface area (Å²) >= 11 is 0. The number of carbonyl (C=O) groups excluding carboxylic acids is 3. The first kappa shape index (κ1) is 72.8. The zero-order valence-corrected chi connectivity index (χ0v) is 50.2. The van der Waals surface area contributed by atoms with E-state index in [-0.39, 0.29) is 31.1 Å². The Morgan fingerprint density at radius 3 is 0.818 bits per heavy atom. The largest absolute Gasteiger partial charge is 0.462 e. The van der Waals surface area contributed by atoms with Crippen LogP contribution in [0, 0.1) is 0 Å². The lowest BCUT2D eigenvalue weighted by Gasteiger charge is -2.18. The highest BCUT2D eigenvalue weighted by Crippen LogP contribution is 2.15. The summed E-state index contributed by atoms with van der Waals surface area (Å²) in [6.07, 6.45) is 89.1. The van der Waals surface area contributed by atoms with Gasteiger partial charge in [-0.25, -0.2) is 0 Å². The molecule has 6 nitrogen and oxygen atoms in total. The van der Waals surface area contributed by atoms with Gasteiger partial charge in [-0.3, -0.25) is 14.4 Å². The molecule has 0 heterocycles. The Kier molecular flexibility index (Phi) is 60.8. The van der Waals surface area contributed by atoms with E-state index in [1.807, 2.05) is 0 Å². The Balaban J connectivity index is 4.45. The summed E-state index contributed by atoms with van der Waals surface area (Å²) in [4.78, 5) is 38.3. The van der Waals surface area contributed by atoms with Crippen molar-refractivity contribution in [1.29, 1.82) is 0 Å². The predicted octanol–water partition coefficient (Wildman–Crippen LogP) is 22.0. The van der Waals surface area contributed by atoms with Gasteiger partial charge < -0.3 is 14.2 Å². The molecule has 0 aliphatic carbocycles. The molecule has 1 atom stereocenters. The van der Waals surface area contributed by atoms with Crippen molar-refractivity contribution in [2.75, 3.05) is 13.2 Å². The average Bonchev–Trinajstić information content (AvgIpc) is 3.43. The molecule has 0 aromatic rings. The Morgan fingerprint density at radius 1 is 0.273 bits per heavy atom. The molecule has 6 heteroatoms. The molecule has 0 amide bonds. The quantitative estimate of drug-likeness (QED) is 0.0261. The molecule has 0 aromatic heterocycles. The normalized spacial score (nSPS) is 12.9. The Bertz CT molecular complexity index is 1600. The van der Waals surface area contributed by atoms with Gasteiger partial charge in [-0.15, -0.1) is 0 Å². The van der Waals surface area contributed by atoms with Gasteiger partial charge in [0.05, 0.1) is 0 Å². The number of ether oxygens (including phenoxy) is 3. The standard InChI is InChI=1S/C71H118O6/c1-4-7-10-13-16-19-22-25-28-30-32-34-35-37-38-40-43-46-49-52-55-58-61-64-70(73)76-67-68(66-75-69(72)63-60-57-54-51-48-45-42-27-24-21-18-15-12-9-6-3)77-71(74)65-62-59-56-53-50-47-44-41-39-36-33-31-29-26-23-20-17-14-11-8-5-2/h8,11,17-18,20-22,25-27,29-30,32-33,35-37,41-42,44,68H,4-7,9-10,12-16,19,23-24,28,31,34,38-40,43,45-67H2,1-3H3/b11-8-,20-17-,21-18-,25-22-,29-26-,32-30-,36-33-,37-35-,42-27-,44-41-. The Labute approximate surface area is 475 Å². The molecule has 438 valence electrons. The van der Waals surface area contributed by atoms with Gasteiger partial charge in [0.1, 0.15) is 13.2 Å². The maximum Gasteiger partial charge on any atom is 0.306 e. The summed E-state index contributed by atoms with van der Waals surface area (Å²) in [6, 6.07) is 0. The Morgan fingerprint density at radius 2 is 0.506 bits per heavy atom. The number of allylic oxidation sites excluding steroid dienone is 20. The number of hydrogen-bond donors (Lipinski definition) is 0. The van der Waals surface area contributed by atoms with Crippen LogP contribution in [0.1, 0.15) is 290 Å². The maximum atomic E-state index is 12.9. The minimum atomic E-state index is -0.803. The van der Waals surface area contributed by atoms with Crippen molar-refractivity contribution in [3.05, 3.63) is 122 Å². The molecular formula is C71H118O6. The maximum absolute atomic E-state index is 12.9. The zero-order valence-electron chi connectivity index (χ0n) is 50.2. The van der Waals surface area contributed by atoms with Gasteiger partial charge in [-0.2, -0.15) is 0 Å². The second-order valence-corrected chi connectivity index (χ2v) is 20.9. The van der Waals surface area contributed by atoms with E-state index in [0.717, 1.165) is 154 Å². The summed E-state index contributed by atoms with van der Waals surface area (Å²) in [5.41, 5.74) is 0. The highest BCUT2D eigenvalue weighted by molar-refractivity contribution is 5.71. The molecule has 0 aromatic carbocycles. The molecule has 0 fully saturated rings. The molecule has 77 heavy (non-hydrogen) atoms. The number of hydrogen-bond acceptors (Lipinski definition) is 6. The van der Waals surface area contributed by atoms with Crippen LogP contribution >= 0.6 is 0 Å². The van der Waals surface area contributed by atoms with Crippen molar-refractivity contribution >= 4 is 17.9 Å². The highest BCUT2D eigenvalue weighted by atomic mass is 16.6. The van der Waals surface area contributed by atoms with Crippen LogP contribution in [0.2, 0.25) is 0 Å². The molecule has 0 aliphatic rings. The van der Waals surface area contributed by atoms with Crippen LogP contribution in [0.25, 0.3) is 0 Å². The van der Waals surface area contributed by atoms with Crippen molar-refractivity contribution in [3.63, 3.8) is 0 Å². The smallest absolute Gasteiger partial charge is 0.306 e. The van der Waals surface area contributed by atoms with Crippen molar-refractivity contribution in [1.82, 2.24) is 0 Å². The van der Waals surface area contributed by atoms with Gasteiger partial charge in [0, 0.05) is 19.3 Å². The van der Waals surface area contributed by atoms with Crippen molar-refractivity contribution in [2.45, 2.75) is 297 Å². The lowest BCUT2D eigenvalue weighted by Crippen LogP contribution is -2.30. The summed E-state index contributed by atoms with van der Waals surface area (Å²) in [6.45, 7) is 6.47. The van der Waals surface area contributed by atoms with Crippen LogP contribution in [0.5, 0.6) is 0 Å². The zero-order chi connectivity index (χ0) is 55.7. The predicted molar refractivity (Wildman–Crippen MR) is 334 cm³/mol. The number of rotatable bonds is 57. The fraction of sp³-hybridized carbons (Fsp3) is 0.676. The molecule has 0 saturated heterocycles. The van der Waals surface area contributed by atoms with Crippen LogP contribution in [0.4, 0.5) is 0 Å². The van der Waals surface area contributed by atoms with E-state index in [1.54, 1.807) is 0 Å². The van der Waals surface area contributed by atoms with E-state index in [4.69, 9.17) is 14.2 Å². The molecule has 0 saturated carbocycles. The lowest BCUT2D eigenvalue weighted by atomic mass is 10.1. The first-order valence-electron chi connectivity index (χ1n) is 32.0. The first-order chi connectivity index (χ1) is 38.0. The van der Waals surface area contributed by atoms with Crippen LogP contribution in [-0.2, 0) is 28.6 Å². The Hall–Kier alpha value is -4.19. The summed E-state index contributed by atoms with van der Waals surface area (Å²) in [5.74, 6) is -0.933. The molecule has 0 N–H and O–H groups in total. The monoisotopic (exact) mass is 1070 g/mol. The molecule has 1 unspecified atom stereocenters. The van der Waals surface area contributed by atoms with E-state index in [0.29, 0.717) is 19.3 Å². The molecule has 0 aliphatic heterocycles.